The number of hydrogen-bond acceptors (Lipinski definition) is 5. The molecule has 2 heterocycles. The zero-order valence-electron chi connectivity index (χ0n) is 11.5. The average molecular weight is 280 g/mol. The molecule has 2 bridgehead atoms. The Labute approximate surface area is 118 Å². The highest BCUT2D eigenvalue weighted by Gasteiger charge is 2.55. The fraction of sp³-hybridized carbons (Fsp3) is 0.600. The summed E-state index contributed by atoms with van der Waals surface area (Å²) in [4.78, 5) is 0. The smallest absolute Gasteiger partial charge is 0.219 e. The van der Waals surface area contributed by atoms with Crippen molar-refractivity contribution in [1.82, 2.24) is 0 Å². The summed E-state index contributed by atoms with van der Waals surface area (Å²) < 4.78 is 22.8. The van der Waals surface area contributed by atoms with Crippen molar-refractivity contribution >= 4 is 0 Å². The van der Waals surface area contributed by atoms with Gasteiger partial charge in [-0.2, -0.15) is 0 Å². The van der Waals surface area contributed by atoms with Crippen LogP contribution >= 0.6 is 0 Å². The highest BCUT2D eigenvalue weighted by Crippen LogP contribution is 2.39. The highest BCUT2D eigenvalue weighted by atomic mass is 16.8. The van der Waals surface area contributed by atoms with Crippen LogP contribution in [0.2, 0.25) is 0 Å². The normalized spacial score (nSPS) is 36.2. The van der Waals surface area contributed by atoms with Crippen molar-refractivity contribution in [2.24, 2.45) is 0 Å². The second-order valence-corrected chi connectivity index (χ2v) is 5.23. The Hall–Kier alpha value is -0.980. The molecule has 2 aliphatic heterocycles. The summed E-state index contributed by atoms with van der Waals surface area (Å²) in [6.07, 6.45) is 0.126. The molecule has 2 fully saturated rings. The molecule has 1 N–H and O–H groups in total. The van der Waals surface area contributed by atoms with Gasteiger partial charge in [-0.05, 0) is 5.56 Å². The summed E-state index contributed by atoms with van der Waals surface area (Å²) in [5, 5.41) is 9.49. The van der Waals surface area contributed by atoms with Gasteiger partial charge in [0.15, 0.2) is 0 Å². The molecule has 5 nitrogen and oxygen atoms in total. The van der Waals surface area contributed by atoms with E-state index in [-0.39, 0.29) is 24.9 Å². The minimum Gasteiger partial charge on any atom is -0.391 e. The molecular formula is C15H20O5. The van der Waals surface area contributed by atoms with E-state index < -0.39 is 5.79 Å². The van der Waals surface area contributed by atoms with Crippen LogP contribution in [0.4, 0.5) is 0 Å². The maximum Gasteiger partial charge on any atom is 0.219 e. The number of fused-ring (bicyclic) bond motifs is 2. The monoisotopic (exact) mass is 280 g/mol. The van der Waals surface area contributed by atoms with Crippen LogP contribution in [0.5, 0.6) is 0 Å². The van der Waals surface area contributed by atoms with E-state index in [1.54, 1.807) is 7.11 Å². The number of aliphatic hydroxyl groups is 1. The summed E-state index contributed by atoms with van der Waals surface area (Å²) in [6, 6.07) is 10.0. The molecular weight excluding hydrogens is 260 g/mol. The first-order chi connectivity index (χ1) is 9.77. The molecule has 2 saturated heterocycles. The Morgan fingerprint density at radius 2 is 2.15 bits per heavy atom. The minimum absolute atomic E-state index is 0.0812. The van der Waals surface area contributed by atoms with Crippen LogP contribution in [-0.2, 0) is 25.6 Å². The van der Waals surface area contributed by atoms with Crippen molar-refractivity contribution in [2.45, 2.75) is 37.1 Å². The highest BCUT2D eigenvalue weighted by molar-refractivity contribution is 5.13. The summed E-state index contributed by atoms with van der Waals surface area (Å²) in [5.74, 6) is -1.01. The molecule has 2 aliphatic rings. The molecule has 0 aliphatic carbocycles. The van der Waals surface area contributed by atoms with E-state index in [4.69, 9.17) is 18.9 Å². The van der Waals surface area contributed by atoms with E-state index in [0.29, 0.717) is 19.6 Å². The number of hydrogen-bond donors (Lipinski definition) is 1. The van der Waals surface area contributed by atoms with Crippen LogP contribution in [0.25, 0.3) is 0 Å². The summed E-state index contributed by atoms with van der Waals surface area (Å²) >= 11 is 0. The molecule has 5 heteroatoms. The first kappa shape index (κ1) is 14.0. The molecule has 20 heavy (non-hydrogen) atoms. The summed E-state index contributed by atoms with van der Waals surface area (Å²) in [6.45, 7) is 0.765. The SMILES string of the molecule is CO[C@@H]1C[C@H](OCc2ccccc2)[C@H]2CO[C@]1(CO)O2. The molecule has 0 spiro atoms. The van der Waals surface area contributed by atoms with E-state index >= 15 is 0 Å². The largest absolute Gasteiger partial charge is 0.391 e. The third kappa shape index (κ3) is 2.47. The van der Waals surface area contributed by atoms with Crippen LogP contribution in [0.1, 0.15) is 12.0 Å². The van der Waals surface area contributed by atoms with Crippen molar-refractivity contribution in [1.29, 1.82) is 0 Å². The lowest BCUT2D eigenvalue weighted by Crippen LogP contribution is -2.55. The van der Waals surface area contributed by atoms with Gasteiger partial charge < -0.3 is 24.1 Å². The third-order valence-electron chi connectivity index (χ3n) is 4.01. The zero-order valence-corrected chi connectivity index (χ0v) is 11.5. The molecule has 1 aromatic rings. The number of methoxy groups -OCH3 is 1. The number of benzene rings is 1. The van der Waals surface area contributed by atoms with Gasteiger partial charge in [0.2, 0.25) is 5.79 Å². The van der Waals surface area contributed by atoms with Crippen LogP contribution in [-0.4, -0.2) is 49.5 Å². The molecule has 0 saturated carbocycles. The molecule has 0 amide bonds. The van der Waals surface area contributed by atoms with Crippen molar-refractivity contribution in [3.8, 4) is 0 Å². The maximum atomic E-state index is 9.49. The van der Waals surface area contributed by atoms with Crippen molar-refractivity contribution in [3.63, 3.8) is 0 Å². The van der Waals surface area contributed by atoms with E-state index in [0.717, 1.165) is 5.56 Å². The first-order valence-electron chi connectivity index (χ1n) is 6.88. The topological polar surface area (TPSA) is 57.2 Å². The van der Waals surface area contributed by atoms with Gasteiger partial charge in [-0.15, -0.1) is 0 Å². The summed E-state index contributed by atoms with van der Waals surface area (Å²) in [7, 11) is 1.60. The van der Waals surface area contributed by atoms with E-state index in [1.807, 2.05) is 30.3 Å². The van der Waals surface area contributed by atoms with Gasteiger partial charge in [-0.25, -0.2) is 0 Å². The Bertz CT molecular complexity index is 437. The Morgan fingerprint density at radius 1 is 1.35 bits per heavy atom. The zero-order chi connectivity index (χ0) is 14.0. The van der Waals surface area contributed by atoms with Gasteiger partial charge in [0.1, 0.15) is 12.2 Å². The van der Waals surface area contributed by atoms with Crippen LogP contribution in [0, 0.1) is 0 Å². The van der Waals surface area contributed by atoms with E-state index in [9.17, 15) is 5.11 Å². The fourth-order valence-corrected chi connectivity index (χ4v) is 2.86. The maximum absolute atomic E-state index is 9.49. The average Bonchev–Trinajstić information content (AvgIpc) is 2.89. The van der Waals surface area contributed by atoms with Gasteiger partial charge in [-0.3, -0.25) is 0 Å². The molecule has 4 atom stereocenters. The minimum atomic E-state index is -1.01. The van der Waals surface area contributed by atoms with Crippen LogP contribution < -0.4 is 0 Å². The summed E-state index contributed by atoms with van der Waals surface area (Å²) in [5.41, 5.74) is 1.12. The quantitative estimate of drug-likeness (QED) is 0.875. The Morgan fingerprint density at radius 3 is 2.85 bits per heavy atom. The second-order valence-electron chi connectivity index (χ2n) is 5.23. The van der Waals surface area contributed by atoms with Crippen molar-refractivity contribution in [2.75, 3.05) is 20.3 Å². The second kappa shape index (κ2) is 5.79. The fourth-order valence-electron chi connectivity index (χ4n) is 2.86. The van der Waals surface area contributed by atoms with E-state index in [1.165, 1.54) is 0 Å². The number of aliphatic hydroxyl groups excluding tert-OH is 1. The molecule has 3 rings (SSSR count). The molecule has 0 radical (unpaired) electrons. The lowest BCUT2D eigenvalue weighted by molar-refractivity contribution is -0.286. The van der Waals surface area contributed by atoms with Gasteiger partial charge in [-0.1, -0.05) is 30.3 Å². The van der Waals surface area contributed by atoms with Gasteiger partial charge >= 0.3 is 0 Å². The Balaban J connectivity index is 1.64. The van der Waals surface area contributed by atoms with Gasteiger partial charge in [0.25, 0.3) is 0 Å². The van der Waals surface area contributed by atoms with Crippen LogP contribution in [0.15, 0.2) is 30.3 Å². The van der Waals surface area contributed by atoms with Gasteiger partial charge in [0.05, 0.1) is 25.9 Å². The van der Waals surface area contributed by atoms with E-state index in [2.05, 4.69) is 0 Å². The van der Waals surface area contributed by atoms with Crippen molar-refractivity contribution in [3.05, 3.63) is 35.9 Å². The first-order valence-corrected chi connectivity index (χ1v) is 6.88. The molecule has 0 unspecified atom stereocenters. The predicted molar refractivity (Wildman–Crippen MR) is 71.1 cm³/mol. The van der Waals surface area contributed by atoms with Gasteiger partial charge in [0, 0.05) is 13.5 Å². The standard InChI is InChI=1S/C15H20O5/c1-17-14-7-12(13-9-19-15(14,10-16)20-13)18-8-11-5-3-2-4-6-11/h2-6,12-14,16H,7-10H2,1H3/t12-,13+,14+,15+/m0/s1. The number of rotatable bonds is 5. The Kier molecular flexibility index (Phi) is 4.05. The lowest BCUT2D eigenvalue weighted by atomic mass is 9.98. The predicted octanol–water partition coefficient (Wildman–Crippen LogP) is 1.09. The van der Waals surface area contributed by atoms with Crippen molar-refractivity contribution < 1.29 is 24.1 Å². The molecule has 110 valence electrons. The molecule has 1 aromatic carbocycles. The number of ether oxygens (including phenoxy) is 4. The third-order valence-corrected chi connectivity index (χ3v) is 4.01. The lowest BCUT2D eigenvalue weighted by Gasteiger charge is -2.40. The molecule has 0 aromatic heterocycles. The van der Waals surface area contributed by atoms with Crippen LogP contribution in [0.3, 0.4) is 0 Å².